The van der Waals surface area contributed by atoms with Gasteiger partial charge in [-0.1, -0.05) is 5.16 Å². The maximum Gasteiger partial charge on any atom is 0.308 e. The van der Waals surface area contributed by atoms with Gasteiger partial charge in [-0.2, -0.15) is 0 Å². The Bertz CT molecular complexity index is 447. The number of benzene rings is 1. The van der Waals surface area contributed by atoms with Crippen molar-refractivity contribution in [1.29, 1.82) is 0 Å². The van der Waals surface area contributed by atoms with Crippen LogP contribution in [0.3, 0.4) is 0 Å². The number of fused-ring (bicyclic) bond motifs is 1. The van der Waals surface area contributed by atoms with E-state index in [0.717, 1.165) is 5.39 Å². The summed E-state index contributed by atoms with van der Waals surface area (Å²) in [5, 5.41) is 4.42. The van der Waals surface area contributed by atoms with Crippen LogP contribution in [0.25, 0.3) is 11.0 Å². The van der Waals surface area contributed by atoms with Crippen LogP contribution in [0.5, 0.6) is 5.75 Å². The van der Waals surface area contributed by atoms with Gasteiger partial charge < -0.3 is 9.26 Å². The highest BCUT2D eigenvalue weighted by molar-refractivity contribution is 5.79. The summed E-state index contributed by atoms with van der Waals surface area (Å²) in [5.74, 6) is 0.166. The molecule has 0 bridgehead atoms. The summed E-state index contributed by atoms with van der Waals surface area (Å²) in [6.45, 7) is 1.36. The van der Waals surface area contributed by atoms with E-state index in [1.165, 1.54) is 6.92 Å². The monoisotopic (exact) mass is 177 g/mol. The van der Waals surface area contributed by atoms with E-state index in [1.807, 2.05) is 0 Å². The van der Waals surface area contributed by atoms with Crippen LogP contribution in [0.2, 0.25) is 0 Å². The van der Waals surface area contributed by atoms with Crippen molar-refractivity contribution in [3.8, 4) is 5.75 Å². The third-order valence-corrected chi connectivity index (χ3v) is 1.59. The molecule has 0 radical (unpaired) electrons. The second-order valence-corrected chi connectivity index (χ2v) is 2.62. The van der Waals surface area contributed by atoms with Crippen LogP contribution in [-0.4, -0.2) is 11.1 Å². The minimum absolute atomic E-state index is 0.337. The third-order valence-electron chi connectivity index (χ3n) is 1.59. The van der Waals surface area contributed by atoms with Crippen molar-refractivity contribution in [2.45, 2.75) is 6.92 Å². The van der Waals surface area contributed by atoms with Gasteiger partial charge in [0.15, 0.2) is 5.58 Å². The molecule has 2 rings (SSSR count). The molecule has 1 aromatic heterocycles. The molecule has 0 aliphatic rings. The third kappa shape index (κ3) is 1.51. The molecular formula is C9H7NO3. The van der Waals surface area contributed by atoms with Crippen molar-refractivity contribution >= 4 is 16.9 Å². The Labute approximate surface area is 74.1 Å². The molecule has 0 aliphatic carbocycles. The lowest BCUT2D eigenvalue weighted by molar-refractivity contribution is -0.131. The van der Waals surface area contributed by atoms with Gasteiger partial charge in [0.05, 0.1) is 6.20 Å². The molecule has 0 fully saturated rings. The van der Waals surface area contributed by atoms with Gasteiger partial charge in [-0.3, -0.25) is 4.79 Å². The van der Waals surface area contributed by atoms with Crippen molar-refractivity contribution in [2.24, 2.45) is 0 Å². The Balaban J connectivity index is 2.42. The summed E-state index contributed by atoms with van der Waals surface area (Å²) in [7, 11) is 0. The minimum atomic E-state index is -0.337. The molecule has 1 aromatic carbocycles. The van der Waals surface area contributed by atoms with E-state index in [1.54, 1.807) is 24.4 Å². The van der Waals surface area contributed by atoms with E-state index in [2.05, 4.69) is 5.16 Å². The van der Waals surface area contributed by atoms with Crippen LogP contribution in [0.4, 0.5) is 0 Å². The molecule has 0 spiro atoms. The quantitative estimate of drug-likeness (QED) is 0.492. The number of hydrogen-bond acceptors (Lipinski definition) is 4. The Morgan fingerprint density at radius 1 is 1.54 bits per heavy atom. The first kappa shape index (κ1) is 7.79. The van der Waals surface area contributed by atoms with E-state index >= 15 is 0 Å². The summed E-state index contributed by atoms with van der Waals surface area (Å²) in [5.41, 5.74) is 0.677. The number of nitrogens with zero attached hydrogens (tertiary/aromatic N) is 1. The molecule has 2 aromatic rings. The Morgan fingerprint density at radius 3 is 3.15 bits per heavy atom. The number of carbonyl (C=O) groups excluding carboxylic acids is 1. The maximum atomic E-state index is 10.6. The zero-order chi connectivity index (χ0) is 9.26. The van der Waals surface area contributed by atoms with Crippen LogP contribution < -0.4 is 4.74 Å². The van der Waals surface area contributed by atoms with Gasteiger partial charge in [0, 0.05) is 12.3 Å². The molecular weight excluding hydrogens is 170 g/mol. The van der Waals surface area contributed by atoms with E-state index in [-0.39, 0.29) is 5.97 Å². The lowest BCUT2D eigenvalue weighted by atomic mass is 10.2. The SMILES string of the molecule is CC(=O)Oc1ccc2oncc2c1. The fraction of sp³-hybridized carbons (Fsp3) is 0.111. The number of rotatable bonds is 1. The Morgan fingerprint density at radius 2 is 2.38 bits per heavy atom. The number of carbonyl (C=O) groups is 1. The fourth-order valence-corrected chi connectivity index (χ4v) is 1.08. The summed E-state index contributed by atoms with van der Waals surface area (Å²) in [6.07, 6.45) is 1.57. The highest BCUT2D eigenvalue weighted by atomic mass is 16.5. The summed E-state index contributed by atoms with van der Waals surface area (Å²) < 4.78 is 9.77. The average molecular weight is 177 g/mol. The molecule has 0 aliphatic heterocycles. The summed E-state index contributed by atoms with van der Waals surface area (Å²) in [4.78, 5) is 10.6. The molecule has 4 nitrogen and oxygen atoms in total. The number of hydrogen-bond donors (Lipinski definition) is 0. The number of esters is 1. The predicted molar refractivity (Wildman–Crippen MR) is 45.3 cm³/mol. The molecule has 0 amide bonds. The van der Waals surface area contributed by atoms with Crippen LogP contribution in [-0.2, 0) is 4.79 Å². The molecule has 0 saturated carbocycles. The highest BCUT2D eigenvalue weighted by Crippen LogP contribution is 2.20. The van der Waals surface area contributed by atoms with Gasteiger partial charge in [0.2, 0.25) is 0 Å². The van der Waals surface area contributed by atoms with Crippen molar-refractivity contribution in [3.05, 3.63) is 24.4 Å². The molecule has 66 valence electrons. The normalized spacial score (nSPS) is 10.2. The lowest BCUT2D eigenvalue weighted by Crippen LogP contribution is -2.00. The molecule has 1 heterocycles. The summed E-state index contributed by atoms with van der Waals surface area (Å²) >= 11 is 0. The van der Waals surface area contributed by atoms with E-state index < -0.39 is 0 Å². The first-order valence-electron chi connectivity index (χ1n) is 3.78. The van der Waals surface area contributed by atoms with Gasteiger partial charge in [0.1, 0.15) is 5.75 Å². The van der Waals surface area contributed by atoms with E-state index in [9.17, 15) is 4.79 Å². The molecule has 13 heavy (non-hydrogen) atoms. The maximum absolute atomic E-state index is 10.6. The molecule has 0 atom stereocenters. The molecule has 0 N–H and O–H groups in total. The summed E-state index contributed by atoms with van der Waals surface area (Å²) in [6, 6.07) is 5.07. The van der Waals surface area contributed by atoms with Gasteiger partial charge in [0.25, 0.3) is 0 Å². The second-order valence-electron chi connectivity index (χ2n) is 2.62. The second kappa shape index (κ2) is 2.90. The van der Waals surface area contributed by atoms with Gasteiger partial charge in [-0.05, 0) is 18.2 Å². The largest absolute Gasteiger partial charge is 0.427 e. The first-order chi connectivity index (χ1) is 6.25. The Kier molecular flexibility index (Phi) is 1.73. The van der Waals surface area contributed by atoms with Crippen LogP contribution in [0.15, 0.2) is 28.9 Å². The fourth-order valence-electron chi connectivity index (χ4n) is 1.08. The van der Waals surface area contributed by atoms with Gasteiger partial charge in [-0.25, -0.2) is 0 Å². The lowest BCUT2D eigenvalue weighted by Gasteiger charge is -1.98. The zero-order valence-corrected chi connectivity index (χ0v) is 6.98. The minimum Gasteiger partial charge on any atom is -0.427 e. The Hall–Kier alpha value is -1.84. The number of ether oxygens (including phenoxy) is 1. The standard InChI is InChI=1S/C9H7NO3/c1-6(11)12-8-2-3-9-7(4-8)5-10-13-9/h2-5H,1H3. The number of aromatic nitrogens is 1. The van der Waals surface area contributed by atoms with Crippen LogP contribution >= 0.6 is 0 Å². The predicted octanol–water partition coefficient (Wildman–Crippen LogP) is 1.75. The molecule has 4 heteroatoms. The zero-order valence-electron chi connectivity index (χ0n) is 6.98. The topological polar surface area (TPSA) is 52.3 Å². The van der Waals surface area contributed by atoms with Crippen molar-refractivity contribution < 1.29 is 14.1 Å². The molecule has 0 saturated heterocycles. The smallest absolute Gasteiger partial charge is 0.308 e. The molecule has 0 unspecified atom stereocenters. The first-order valence-corrected chi connectivity index (χ1v) is 3.78. The average Bonchev–Trinajstić information content (AvgIpc) is 2.49. The van der Waals surface area contributed by atoms with Crippen LogP contribution in [0, 0.1) is 0 Å². The highest BCUT2D eigenvalue weighted by Gasteiger charge is 2.02. The van der Waals surface area contributed by atoms with Gasteiger partial charge in [-0.15, -0.1) is 0 Å². The van der Waals surface area contributed by atoms with Crippen molar-refractivity contribution in [3.63, 3.8) is 0 Å². The van der Waals surface area contributed by atoms with E-state index in [4.69, 9.17) is 9.26 Å². The van der Waals surface area contributed by atoms with Crippen LogP contribution in [0.1, 0.15) is 6.92 Å². The van der Waals surface area contributed by atoms with Crippen molar-refractivity contribution in [2.75, 3.05) is 0 Å². The van der Waals surface area contributed by atoms with Gasteiger partial charge >= 0.3 is 5.97 Å². The van der Waals surface area contributed by atoms with E-state index in [0.29, 0.717) is 11.3 Å². The van der Waals surface area contributed by atoms with Crippen molar-refractivity contribution in [1.82, 2.24) is 5.16 Å².